The number of sulfonamides is 1. The van der Waals surface area contributed by atoms with Gasteiger partial charge in [-0.1, -0.05) is 93.7 Å². The Kier molecular flexibility index (Phi) is 12.3. The lowest BCUT2D eigenvalue weighted by Crippen LogP contribution is -2.52. The molecule has 0 unspecified atom stereocenters. The summed E-state index contributed by atoms with van der Waals surface area (Å²) in [5.74, 6) is -0.635. The van der Waals surface area contributed by atoms with Crippen LogP contribution < -0.4 is 9.62 Å². The summed E-state index contributed by atoms with van der Waals surface area (Å²) in [6.07, 6.45) is 2.00. The van der Waals surface area contributed by atoms with Gasteiger partial charge in [0.2, 0.25) is 11.8 Å². The van der Waals surface area contributed by atoms with E-state index >= 15 is 0 Å². The van der Waals surface area contributed by atoms with Gasteiger partial charge in [-0.2, -0.15) is 0 Å². The van der Waals surface area contributed by atoms with Gasteiger partial charge < -0.3 is 10.2 Å². The van der Waals surface area contributed by atoms with Gasteiger partial charge in [0.05, 0.1) is 10.6 Å². The molecule has 0 fully saturated rings. The molecule has 0 aliphatic rings. The van der Waals surface area contributed by atoms with E-state index in [1.54, 1.807) is 48.5 Å². The first-order chi connectivity index (χ1) is 20.0. The van der Waals surface area contributed by atoms with Gasteiger partial charge in [0, 0.05) is 28.7 Å². The van der Waals surface area contributed by atoms with E-state index in [0.29, 0.717) is 34.3 Å². The number of hydrogen-bond acceptors (Lipinski definition) is 4. The summed E-state index contributed by atoms with van der Waals surface area (Å²) in [6, 6.07) is 19.2. The monoisotopic (exact) mass is 631 g/mol. The third-order valence-corrected chi connectivity index (χ3v) is 9.56. The van der Waals surface area contributed by atoms with Crippen molar-refractivity contribution in [2.24, 2.45) is 0 Å². The predicted octanol–water partition coefficient (Wildman–Crippen LogP) is 7.04. The zero-order valence-corrected chi connectivity index (χ0v) is 26.8. The molecule has 0 radical (unpaired) electrons. The number of unbranched alkanes of at least 4 members (excludes halogenated alkanes) is 1. The standard InChI is InChI=1S/C32H39Cl2N3O4S/c1-5-7-20-35-32(39)30(6-2)36(21-27-28(33)14-11-15-29(27)34)31(38)22-37(25-18-16-24(17-19-25)23(3)4)42(40,41)26-12-9-8-10-13-26/h8-19,23,30H,5-7,20-22H2,1-4H3,(H,35,39)/t30-/m1/s1. The highest BCUT2D eigenvalue weighted by Crippen LogP contribution is 2.29. The minimum absolute atomic E-state index is 0.0517. The molecular formula is C32H39Cl2N3O4S. The number of benzene rings is 3. The highest BCUT2D eigenvalue weighted by Gasteiger charge is 2.34. The second-order valence-electron chi connectivity index (χ2n) is 10.4. The van der Waals surface area contributed by atoms with E-state index in [1.165, 1.54) is 17.0 Å². The first-order valence-electron chi connectivity index (χ1n) is 14.2. The first-order valence-corrected chi connectivity index (χ1v) is 16.4. The number of nitrogens with one attached hydrogen (secondary N) is 1. The van der Waals surface area contributed by atoms with Crippen molar-refractivity contribution in [3.05, 3.63) is 94.0 Å². The molecule has 2 amide bonds. The molecule has 0 saturated heterocycles. The number of nitrogens with zero attached hydrogens (tertiary/aromatic N) is 2. The van der Waals surface area contributed by atoms with Gasteiger partial charge in [-0.25, -0.2) is 8.42 Å². The van der Waals surface area contributed by atoms with E-state index in [-0.39, 0.29) is 23.3 Å². The third-order valence-electron chi connectivity index (χ3n) is 7.06. The van der Waals surface area contributed by atoms with Crippen molar-refractivity contribution in [1.29, 1.82) is 0 Å². The van der Waals surface area contributed by atoms with Gasteiger partial charge in [0.15, 0.2) is 0 Å². The van der Waals surface area contributed by atoms with Crippen molar-refractivity contribution in [2.75, 3.05) is 17.4 Å². The molecule has 42 heavy (non-hydrogen) atoms. The van der Waals surface area contributed by atoms with Crippen molar-refractivity contribution in [1.82, 2.24) is 10.2 Å². The summed E-state index contributed by atoms with van der Waals surface area (Å²) in [5.41, 5.74) is 1.85. The van der Waals surface area contributed by atoms with E-state index in [9.17, 15) is 18.0 Å². The lowest BCUT2D eigenvalue weighted by atomic mass is 10.0. The Morgan fingerprint density at radius 1 is 0.881 bits per heavy atom. The molecule has 0 bridgehead atoms. The van der Waals surface area contributed by atoms with Crippen LogP contribution in [0, 0.1) is 0 Å². The lowest BCUT2D eigenvalue weighted by Gasteiger charge is -2.33. The van der Waals surface area contributed by atoms with Crippen LogP contribution in [0.15, 0.2) is 77.7 Å². The van der Waals surface area contributed by atoms with Crippen molar-refractivity contribution in [3.63, 3.8) is 0 Å². The van der Waals surface area contributed by atoms with Crippen molar-refractivity contribution in [3.8, 4) is 0 Å². The molecule has 10 heteroatoms. The zero-order chi connectivity index (χ0) is 30.9. The topological polar surface area (TPSA) is 86.8 Å². The normalized spacial score (nSPS) is 12.2. The lowest BCUT2D eigenvalue weighted by molar-refractivity contribution is -0.140. The fourth-order valence-corrected chi connectivity index (χ4v) is 6.51. The summed E-state index contributed by atoms with van der Waals surface area (Å²) in [4.78, 5) is 29.0. The van der Waals surface area contributed by atoms with E-state index in [2.05, 4.69) is 5.32 Å². The van der Waals surface area contributed by atoms with E-state index in [1.807, 2.05) is 39.8 Å². The van der Waals surface area contributed by atoms with Crippen LogP contribution in [0.1, 0.15) is 64.0 Å². The van der Waals surface area contributed by atoms with Crippen molar-refractivity contribution < 1.29 is 18.0 Å². The van der Waals surface area contributed by atoms with Crippen molar-refractivity contribution in [2.45, 2.75) is 70.4 Å². The van der Waals surface area contributed by atoms with Crippen LogP contribution in [0.25, 0.3) is 0 Å². The molecular weight excluding hydrogens is 593 g/mol. The van der Waals surface area contributed by atoms with Crippen LogP contribution in [0.2, 0.25) is 10.0 Å². The maximum absolute atomic E-state index is 14.2. The molecule has 3 aromatic rings. The fourth-order valence-electron chi connectivity index (χ4n) is 4.55. The first kappa shape index (κ1) is 33.4. The van der Waals surface area contributed by atoms with Gasteiger partial charge in [-0.3, -0.25) is 13.9 Å². The van der Waals surface area contributed by atoms with Crippen LogP contribution >= 0.6 is 23.2 Å². The van der Waals surface area contributed by atoms with Gasteiger partial charge in [0.1, 0.15) is 12.6 Å². The number of anilines is 1. The van der Waals surface area contributed by atoms with Gasteiger partial charge in [-0.05, 0) is 60.7 Å². The number of rotatable bonds is 14. The average molecular weight is 633 g/mol. The van der Waals surface area contributed by atoms with Crippen LogP contribution in [0.4, 0.5) is 5.69 Å². The van der Waals surface area contributed by atoms with E-state index in [4.69, 9.17) is 23.2 Å². The molecule has 0 heterocycles. The molecule has 3 rings (SSSR count). The molecule has 226 valence electrons. The second kappa shape index (κ2) is 15.4. The van der Waals surface area contributed by atoms with E-state index < -0.39 is 28.5 Å². The van der Waals surface area contributed by atoms with E-state index in [0.717, 1.165) is 22.7 Å². The SMILES string of the molecule is CCCCNC(=O)[C@@H](CC)N(Cc1c(Cl)cccc1Cl)C(=O)CN(c1ccc(C(C)C)cc1)S(=O)(=O)c1ccccc1. The highest BCUT2D eigenvalue weighted by atomic mass is 35.5. The number of hydrogen-bond donors (Lipinski definition) is 1. The Labute approximate surface area is 259 Å². The van der Waals surface area contributed by atoms with Crippen molar-refractivity contribution >= 4 is 50.7 Å². The Bertz CT molecular complexity index is 1430. The Balaban J connectivity index is 2.08. The highest BCUT2D eigenvalue weighted by molar-refractivity contribution is 7.92. The molecule has 0 aromatic heterocycles. The quantitative estimate of drug-likeness (QED) is 0.193. The number of carbonyl (C=O) groups is 2. The summed E-state index contributed by atoms with van der Waals surface area (Å²) < 4.78 is 29.0. The fraction of sp³-hybridized carbons (Fsp3) is 0.375. The molecule has 0 aliphatic heterocycles. The smallest absolute Gasteiger partial charge is 0.264 e. The molecule has 0 spiro atoms. The van der Waals surface area contributed by atoms with Crippen LogP contribution in [-0.4, -0.2) is 44.3 Å². The Morgan fingerprint density at radius 3 is 2.05 bits per heavy atom. The number of halogens is 2. The molecule has 1 atom stereocenters. The minimum Gasteiger partial charge on any atom is -0.354 e. The summed E-state index contributed by atoms with van der Waals surface area (Å²) in [6.45, 7) is 7.80. The average Bonchev–Trinajstić information content (AvgIpc) is 2.97. The summed E-state index contributed by atoms with van der Waals surface area (Å²) >= 11 is 12.9. The molecule has 3 aromatic carbocycles. The number of carbonyl (C=O) groups excluding carboxylic acids is 2. The van der Waals surface area contributed by atoms with Gasteiger partial charge in [-0.15, -0.1) is 0 Å². The maximum atomic E-state index is 14.2. The molecule has 1 N–H and O–H groups in total. The maximum Gasteiger partial charge on any atom is 0.264 e. The molecule has 0 aliphatic carbocycles. The van der Waals surface area contributed by atoms with Crippen LogP contribution in [0.3, 0.4) is 0 Å². The predicted molar refractivity (Wildman–Crippen MR) is 171 cm³/mol. The van der Waals surface area contributed by atoms with Gasteiger partial charge in [0.25, 0.3) is 10.0 Å². The second-order valence-corrected chi connectivity index (χ2v) is 13.0. The molecule has 0 saturated carbocycles. The van der Waals surface area contributed by atoms with Crippen LogP contribution in [-0.2, 0) is 26.2 Å². The molecule has 7 nitrogen and oxygen atoms in total. The summed E-state index contributed by atoms with van der Waals surface area (Å²) in [5, 5.41) is 3.61. The van der Waals surface area contributed by atoms with Crippen LogP contribution in [0.5, 0.6) is 0 Å². The third kappa shape index (κ3) is 8.27. The largest absolute Gasteiger partial charge is 0.354 e. The summed E-state index contributed by atoms with van der Waals surface area (Å²) in [7, 11) is -4.14. The Morgan fingerprint density at radius 2 is 1.50 bits per heavy atom. The van der Waals surface area contributed by atoms with Gasteiger partial charge >= 0.3 is 0 Å². The Hall–Kier alpha value is -3.07. The number of amides is 2. The zero-order valence-electron chi connectivity index (χ0n) is 24.5. The minimum atomic E-state index is -4.14.